The Morgan fingerprint density at radius 1 is 1.12 bits per heavy atom. The summed E-state index contributed by atoms with van der Waals surface area (Å²) in [7, 11) is 3.00. The number of hydrogen-bond acceptors (Lipinski definition) is 4. The number of nitrogens with one attached hydrogen (secondary N) is 1. The van der Waals surface area contributed by atoms with Gasteiger partial charge in [0.2, 0.25) is 0 Å². The molecule has 3 rings (SSSR count). The lowest BCUT2D eigenvalue weighted by Crippen LogP contribution is -2.11. The lowest BCUT2D eigenvalue weighted by molar-refractivity contribution is 0.355. The molecule has 0 saturated heterocycles. The third kappa shape index (κ3) is 3.65. The zero-order valence-electron chi connectivity index (χ0n) is 13.8. The minimum absolute atomic E-state index is 0.211. The molecule has 0 unspecified atom stereocenters. The van der Waals surface area contributed by atoms with E-state index in [9.17, 15) is 4.79 Å². The Labute approximate surface area is 164 Å². The molecule has 0 saturated carbocycles. The molecule has 5 nitrogen and oxygen atoms in total. The molecule has 1 aromatic heterocycles. The maximum absolute atomic E-state index is 12.4. The van der Waals surface area contributed by atoms with Crippen molar-refractivity contribution < 1.29 is 9.47 Å². The maximum atomic E-state index is 12.4. The summed E-state index contributed by atoms with van der Waals surface area (Å²) in [5, 5.41) is 1.54. The minimum Gasteiger partial charge on any atom is -0.493 e. The van der Waals surface area contributed by atoms with Gasteiger partial charge in [-0.15, -0.1) is 0 Å². The molecule has 0 aliphatic heterocycles. The number of aromatic amines is 1. The van der Waals surface area contributed by atoms with E-state index in [0.29, 0.717) is 38.0 Å². The minimum atomic E-state index is -0.347. The predicted molar refractivity (Wildman–Crippen MR) is 106 cm³/mol. The largest absolute Gasteiger partial charge is 0.493 e. The summed E-state index contributed by atoms with van der Waals surface area (Å²) >= 11 is 18.4. The fourth-order valence-electron chi connectivity index (χ4n) is 2.40. The molecule has 1 N–H and O–H groups in total. The van der Waals surface area contributed by atoms with Crippen molar-refractivity contribution in [2.75, 3.05) is 14.2 Å². The van der Waals surface area contributed by atoms with Crippen molar-refractivity contribution in [1.82, 2.24) is 9.97 Å². The van der Waals surface area contributed by atoms with Crippen LogP contribution in [0.5, 0.6) is 11.5 Å². The number of nitrogens with zero attached hydrogens (tertiary/aromatic N) is 1. The van der Waals surface area contributed by atoms with E-state index in [-0.39, 0.29) is 16.4 Å². The Balaban J connectivity index is 2.13. The van der Waals surface area contributed by atoms with Gasteiger partial charge in [0.05, 0.1) is 30.2 Å². The van der Waals surface area contributed by atoms with Crippen LogP contribution in [-0.4, -0.2) is 24.2 Å². The number of ether oxygens (including phenoxy) is 2. The van der Waals surface area contributed by atoms with E-state index >= 15 is 0 Å². The molecule has 3 aromatic rings. The van der Waals surface area contributed by atoms with E-state index in [0.717, 1.165) is 0 Å². The van der Waals surface area contributed by atoms with Crippen molar-refractivity contribution in [2.24, 2.45) is 0 Å². The first-order chi connectivity index (χ1) is 12.4. The summed E-state index contributed by atoms with van der Waals surface area (Å²) in [6.07, 6.45) is 1.60. The van der Waals surface area contributed by atoms with E-state index < -0.39 is 0 Å². The Bertz CT molecular complexity index is 1080. The summed E-state index contributed by atoms with van der Waals surface area (Å²) in [5.74, 6) is 1.11. The number of hydrogen-bond donors (Lipinski definition) is 1. The monoisotopic (exact) mass is 410 g/mol. The first-order valence-electron chi connectivity index (χ1n) is 7.41. The number of H-pyrrole nitrogens is 1. The van der Waals surface area contributed by atoms with Crippen LogP contribution in [0.4, 0.5) is 0 Å². The summed E-state index contributed by atoms with van der Waals surface area (Å²) in [4.78, 5) is 19.5. The van der Waals surface area contributed by atoms with Crippen molar-refractivity contribution in [3.8, 4) is 11.5 Å². The van der Waals surface area contributed by atoms with Crippen molar-refractivity contribution in [3.63, 3.8) is 0 Å². The molecule has 0 bridgehead atoms. The molecule has 0 aliphatic carbocycles. The first kappa shape index (κ1) is 18.6. The van der Waals surface area contributed by atoms with Crippen LogP contribution in [0.1, 0.15) is 11.4 Å². The number of aromatic nitrogens is 2. The standard InChI is InChI=1S/C18H13Cl3N2O3/c1-25-15-7-11-14(8-16(15)26-2)22-17(23-18(11)24)13(21)5-9-3-4-10(19)6-12(9)20/h3-8H,1-2H3,(H,22,23,24)/b13-5-. The highest BCUT2D eigenvalue weighted by Gasteiger charge is 2.12. The Morgan fingerprint density at radius 3 is 2.46 bits per heavy atom. The second kappa shape index (κ2) is 7.58. The number of methoxy groups -OCH3 is 2. The molecule has 134 valence electrons. The summed E-state index contributed by atoms with van der Waals surface area (Å²) in [6.45, 7) is 0. The number of benzene rings is 2. The van der Waals surface area contributed by atoms with Gasteiger partial charge in [-0.25, -0.2) is 4.98 Å². The van der Waals surface area contributed by atoms with Crippen LogP contribution < -0.4 is 15.0 Å². The topological polar surface area (TPSA) is 64.2 Å². The van der Waals surface area contributed by atoms with Gasteiger partial charge in [-0.3, -0.25) is 4.79 Å². The molecule has 0 aliphatic rings. The molecule has 0 fully saturated rings. The van der Waals surface area contributed by atoms with Crippen LogP contribution in [0.25, 0.3) is 22.0 Å². The molecule has 0 atom stereocenters. The normalized spacial score (nSPS) is 11.7. The van der Waals surface area contributed by atoms with Gasteiger partial charge >= 0.3 is 0 Å². The maximum Gasteiger partial charge on any atom is 0.259 e. The third-order valence-electron chi connectivity index (χ3n) is 3.68. The van der Waals surface area contributed by atoms with Crippen molar-refractivity contribution in [1.29, 1.82) is 0 Å². The van der Waals surface area contributed by atoms with Gasteiger partial charge in [-0.2, -0.15) is 0 Å². The smallest absolute Gasteiger partial charge is 0.259 e. The van der Waals surface area contributed by atoms with Crippen LogP contribution in [0.15, 0.2) is 35.1 Å². The Kier molecular flexibility index (Phi) is 5.41. The lowest BCUT2D eigenvalue weighted by Gasteiger charge is -2.09. The van der Waals surface area contributed by atoms with Crippen LogP contribution in [0.3, 0.4) is 0 Å². The molecule has 26 heavy (non-hydrogen) atoms. The van der Waals surface area contributed by atoms with Gasteiger partial charge in [-0.05, 0) is 29.8 Å². The van der Waals surface area contributed by atoms with Gasteiger partial charge < -0.3 is 14.5 Å². The Hall–Kier alpha value is -2.21. The van der Waals surface area contributed by atoms with Gasteiger partial charge in [-0.1, -0.05) is 40.9 Å². The van der Waals surface area contributed by atoms with Gasteiger partial charge in [0.25, 0.3) is 5.56 Å². The molecule has 0 radical (unpaired) electrons. The highest BCUT2D eigenvalue weighted by Crippen LogP contribution is 2.31. The summed E-state index contributed by atoms with van der Waals surface area (Å²) in [6, 6.07) is 8.20. The average Bonchev–Trinajstić information content (AvgIpc) is 2.62. The van der Waals surface area contributed by atoms with E-state index in [2.05, 4.69) is 9.97 Å². The van der Waals surface area contributed by atoms with E-state index in [4.69, 9.17) is 44.3 Å². The van der Waals surface area contributed by atoms with Crippen LogP contribution in [0.2, 0.25) is 10.0 Å². The fraction of sp³-hybridized carbons (Fsp3) is 0.111. The number of fused-ring (bicyclic) bond motifs is 1. The number of rotatable bonds is 4. The fourth-order valence-corrected chi connectivity index (χ4v) is 3.07. The second-order valence-electron chi connectivity index (χ2n) is 5.30. The first-order valence-corrected chi connectivity index (χ1v) is 8.55. The quantitative estimate of drug-likeness (QED) is 0.657. The molecular weight excluding hydrogens is 399 g/mol. The Morgan fingerprint density at radius 2 is 1.81 bits per heavy atom. The molecule has 1 heterocycles. The van der Waals surface area contributed by atoms with Gasteiger partial charge in [0, 0.05) is 16.1 Å². The van der Waals surface area contributed by atoms with E-state index in [1.165, 1.54) is 14.2 Å². The van der Waals surface area contributed by atoms with Crippen LogP contribution in [0, 0.1) is 0 Å². The summed E-state index contributed by atoms with van der Waals surface area (Å²) in [5.41, 5.74) is 0.728. The average molecular weight is 412 g/mol. The molecule has 2 aromatic carbocycles. The highest BCUT2D eigenvalue weighted by molar-refractivity contribution is 6.51. The third-order valence-corrected chi connectivity index (χ3v) is 4.53. The van der Waals surface area contributed by atoms with Crippen molar-refractivity contribution >= 4 is 56.8 Å². The van der Waals surface area contributed by atoms with Crippen molar-refractivity contribution in [2.45, 2.75) is 0 Å². The van der Waals surface area contributed by atoms with Gasteiger partial charge in [0.15, 0.2) is 17.3 Å². The second-order valence-corrected chi connectivity index (χ2v) is 6.55. The zero-order valence-corrected chi connectivity index (χ0v) is 16.0. The number of halogens is 3. The van der Waals surface area contributed by atoms with E-state index in [1.807, 2.05) is 0 Å². The molecular formula is C18H13Cl3N2O3. The predicted octanol–water partition coefficient (Wildman–Crippen LogP) is 4.98. The molecule has 0 amide bonds. The SMILES string of the molecule is COc1cc2nc(/C(Cl)=C/c3ccc(Cl)cc3Cl)[nH]c(=O)c2cc1OC. The zero-order chi connectivity index (χ0) is 18.8. The van der Waals surface area contributed by atoms with Crippen molar-refractivity contribution in [3.05, 3.63) is 62.1 Å². The summed E-state index contributed by atoms with van der Waals surface area (Å²) < 4.78 is 10.5. The lowest BCUT2D eigenvalue weighted by atomic mass is 10.2. The molecule has 8 heteroatoms. The van der Waals surface area contributed by atoms with Crippen LogP contribution in [-0.2, 0) is 0 Å². The van der Waals surface area contributed by atoms with Gasteiger partial charge in [0.1, 0.15) is 0 Å². The molecule has 0 spiro atoms. The highest BCUT2D eigenvalue weighted by atomic mass is 35.5. The van der Waals surface area contributed by atoms with E-state index in [1.54, 1.807) is 36.4 Å². The van der Waals surface area contributed by atoms with Crippen LogP contribution >= 0.6 is 34.8 Å².